The first kappa shape index (κ1) is 13.5. The Kier molecular flexibility index (Phi) is 5.80. The van der Waals surface area contributed by atoms with Gasteiger partial charge in [-0.1, -0.05) is 22.0 Å². The third-order valence-corrected chi connectivity index (χ3v) is 2.90. The van der Waals surface area contributed by atoms with E-state index in [1.54, 1.807) is 0 Å². The van der Waals surface area contributed by atoms with Gasteiger partial charge in [0.15, 0.2) is 0 Å². The highest BCUT2D eigenvalue weighted by Crippen LogP contribution is 2.20. The second kappa shape index (κ2) is 6.89. The minimum Gasteiger partial charge on any atom is -0.399 e. The molecule has 0 aromatic heterocycles. The molecule has 0 aliphatic rings. The van der Waals surface area contributed by atoms with E-state index in [1.165, 1.54) is 0 Å². The molecule has 0 bridgehead atoms. The van der Waals surface area contributed by atoms with Crippen LogP contribution >= 0.6 is 15.9 Å². The molecule has 16 heavy (non-hydrogen) atoms. The molecule has 1 aromatic rings. The van der Waals surface area contributed by atoms with Gasteiger partial charge in [0, 0.05) is 16.8 Å². The van der Waals surface area contributed by atoms with Gasteiger partial charge in [-0.2, -0.15) is 0 Å². The maximum Gasteiger partial charge on any atom is 0.0785 e. The summed E-state index contributed by atoms with van der Waals surface area (Å²) in [6.07, 6.45) is 0.101. The molecular weight excluding hydrogens is 270 g/mol. The summed E-state index contributed by atoms with van der Waals surface area (Å²) in [5, 5.41) is 0. The first-order chi connectivity index (χ1) is 7.63. The predicted octanol–water partition coefficient (Wildman–Crippen LogP) is 2.97. The monoisotopic (exact) mass is 287 g/mol. The molecule has 90 valence electrons. The Labute approximate surface area is 105 Å². The van der Waals surface area contributed by atoms with E-state index in [4.69, 9.17) is 15.2 Å². The first-order valence-electron chi connectivity index (χ1n) is 5.36. The smallest absolute Gasteiger partial charge is 0.0785 e. The number of halogens is 1. The summed E-state index contributed by atoms with van der Waals surface area (Å²) in [5.41, 5.74) is 7.50. The van der Waals surface area contributed by atoms with Crippen LogP contribution in [-0.2, 0) is 16.1 Å². The summed E-state index contributed by atoms with van der Waals surface area (Å²) < 4.78 is 11.9. The Morgan fingerprint density at radius 2 is 2.19 bits per heavy atom. The van der Waals surface area contributed by atoms with Gasteiger partial charge in [0.05, 0.1) is 19.3 Å². The quantitative estimate of drug-likeness (QED) is 0.818. The Morgan fingerprint density at radius 1 is 1.44 bits per heavy atom. The van der Waals surface area contributed by atoms with Gasteiger partial charge in [0.1, 0.15) is 0 Å². The molecule has 0 saturated carbocycles. The fourth-order valence-corrected chi connectivity index (χ4v) is 1.76. The number of anilines is 1. The van der Waals surface area contributed by atoms with Crippen LogP contribution in [0, 0.1) is 0 Å². The van der Waals surface area contributed by atoms with Crippen LogP contribution in [0.1, 0.15) is 19.4 Å². The molecule has 1 atom stereocenters. The average molecular weight is 288 g/mol. The van der Waals surface area contributed by atoms with Crippen LogP contribution in [0.5, 0.6) is 0 Å². The van der Waals surface area contributed by atoms with Gasteiger partial charge in [-0.3, -0.25) is 0 Å². The highest BCUT2D eigenvalue weighted by Gasteiger charge is 2.05. The zero-order valence-electron chi connectivity index (χ0n) is 9.70. The Hall–Kier alpha value is -0.580. The van der Waals surface area contributed by atoms with Gasteiger partial charge in [0.25, 0.3) is 0 Å². The third kappa shape index (κ3) is 4.51. The number of nitrogens with two attached hydrogens (primary N) is 1. The van der Waals surface area contributed by atoms with E-state index in [1.807, 2.05) is 32.0 Å². The molecule has 0 aliphatic carbocycles. The van der Waals surface area contributed by atoms with E-state index >= 15 is 0 Å². The van der Waals surface area contributed by atoms with Crippen LogP contribution in [0.2, 0.25) is 0 Å². The molecule has 0 amide bonds. The normalized spacial score (nSPS) is 12.7. The van der Waals surface area contributed by atoms with Crippen molar-refractivity contribution < 1.29 is 9.47 Å². The molecule has 3 nitrogen and oxygen atoms in total. The van der Waals surface area contributed by atoms with Gasteiger partial charge >= 0.3 is 0 Å². The largest absolute Gasteiger partial charge is 0.399 e. The average Bonchev–Trinajstić information content (AvgIpc) is 2.25. The summed E-state index contributed by atoms with van der Waals surface area (Å²) in [5.74, 6) is 0. The Morgan fingerprint density at radius 3 is 2.81 bits per heavy atom. The Balaban J connectivity index is 2.42. The van der Waals surface area contributed by atoms with E-state index in [0.29, 0.717) is 13.2 Å². The van der Waals surface area contributed by atoms with E-state index < -0.39 is 0 Å². The maximum atomic E-state index is 5.66. The van der Waals surface area contributed by atoms with Gasteiger partial charge in [-0.05, 0) is 31.5 Å². The zero-order chi connectivity index (χ0) is 12.0. The summed E-state index contributed by atoms with van der Waals surface area (Å²) in [4.78, 5) is 0. The topological polar surface area (TPSA) is 44.5 Å². The Bertz CT molecular complexity index is 331. The van der Waals surface area contributed by atoms with Crippen molar-refractivity contribution in [2.75, 3.05) is 18.9 Å². The van der Waals surface area contributed by atoms with Gasteiger partial charge in [-0.15, -0.1) is 0 Å². The molecule has 1 unspecified atom stereocenters. The second-order valence-electron chi connectivity index (χ2n) is 3.63. The number of rotatable bonds is 6. The molecule has 1 aromatic carbocycles. The van der Waals surface area contributed by atoms with Crippen LogP contribution in [-0.4, -0.2) is 19.3 Å². The lowest BCUT2D eigenvalue weighted by molar-refractivity contribution is -0.0118. The molecule has 2 N–H and O–H groups in total. The summed E-state index contributed by atoms with van der Waals surface area (Å²) >= 11 is 3.46. The number of nitrogen functional groups attached to an aromatic ring is 1. The van der Waals surface area contributed by atoms with Crippen molar-refractivity contribution in [3.8, 4) is 0 Å². The fraction of sp³-hybridized carbons (Fsp3) is 0.500. The molecule has 0 heterocycles. The number of hydrogen-bond acceptors (Lipinski definition) is 3. The standard InChI is InChI=1S/C12H18BrNO2/c1-3-15-7-9(2)16-8-10-4-5-11(14)6-12(10)13/h4-6,9H,3,7-8,14H2,1-2H3. The van der Waals surface area contributed by atoms with Gasteiger partial charge in [-0.25, -0.2) is 0 Å². The zero-order valence-corrected chi connectivity index (χ0v) is 11.3. The lowest BCUT2D eigenvalue weighted by atomic mass is 10.2. The minimum absolute atomic E-state index is 0.101. The summed E-state index contributed by atoms with van der Waals surface area (Å²) in [6.45, 7) is 5.89. The fourth-order valence-electron chi connectivity index (χ4n) is 1.24. The molecule has 0 spiro atoms. The van der Waals surface area contributed by atoms with E-state index in [-0.39, 0.29) is 6.10 Å². The minimum atomic E-state index is 0.101. The predicted molar refractivity (Wildman–Crippen MR) is 69.3 cm³/mol. The lowest BCUT2D eigenvalue weighted by Gasteiger charge is -2.13. The lowest BCUT2D eigenvalue weighted by Crippen LogP contribution is -2.15. The van der Waals surface area contributed by atoms with Crippen LogP contribution in [0.15, 0.2) is 22.7 Å². The van der Waals surface area contributed by atoms with Crippen molar-refractivity contribution in [1.29, 1.82) is 0 Å². The molecule has 0 aliphatic heterocycles. The van der Waals surface area contributed by atoms with Crippen LogP contribution in [0.3, 0.4) is 0 Å². The molecule has 0 saturated heterocycles. The summed E-state index contributed by atoms with van der Waals surface area (Å²) in [7, 11) is 0. The van der Waals surface area contributed by atoms with Crippen molar-refractivity contribution in [2.24, 2.45) is 0 Å². The van der Waals surface area contributed by atoms with Crippen LogP contribution in [0.4, 0.5) is 5.69 Å². The maximum absolute atomic E-state index is 5.66. The third-order valence-electron chi connectivity index (χ3n) is 2.16. The number of ether oxygens (including phenoxy) is 2. The molecule has 0 radical (unpaired) electrons. The SMILES string of the molecule is CCOCC(C)OCc1ccc(N)cc1Br. The molecular formula is C12H18BrNO2. The second-order valence-corrected chi connectivity index (χ2v) is 4.49. The van der Waals surface area contributed by atoms with Crippen molar-refractivity contribution in [3.05, 3.63) is 28.2 Å². The van der Waals surface area contributed by atoms with Crippen molar-refractivity contribution in [2.45, 2.75) is 26.6 Å². The summed E-state index contributed by atoms with van der Waals surface area (Å²) in [6, 6.07) is 5.72. The van der Waals surface area contributed by atoms with Crippen molar-refractivity contribution >= 4 is 21.6 Å². The molecule has 4 heteroatoms. The van der Waals surface area contributed by atoms with Crippen LogP contribution in [0.25, 0.3) is 0 Å². The van der Waals surface area contributed by atoms with Crippen LogP contribution < -0.4 is 5.73 Å². The van der Waals surface area contributed by atoms with E-state index in [0.717, 1.165) is 22.3 Å². The highest BCUT2D eigenvalue weighted by atomic mass is 79.9. The molecule has 1 rings (SSSR count). The first-order valence-corrected chi connectivity index (χ1v) is 6.16. The van der Waals surface area contributed by atoms with Crippen molar-refractivity contribution in [3.63, 3.8) is 0 Å². The van der Waals surface area contributed by atoms with Crippen molar-refractivity contribution in [1.82, 2.24) is 0 Å². The van der Waals surface area contributed by atoms with E-state index in [9.17, 15) is 0 Å². The number of hydrogen-bond donors (Lipinski definition) is 1. The number of benzene rings is 1. The highest BCUT2D eigenvalue weighted by molar-refractivity contribution is 9.10. The van der Waals surface area contributed by atoms with E-state index in [2.05, 4.69) is 15.9 Å². The van der Waals surface area contributed by atoms with Gasteiger partial charge < -0.3 is 15.2 Å². The van der Waals surface area contributed by atoms with Gasteiger partial charge in [0.2, 0.25) is 0 Å². The molecule has 0 fully saturated rings.